The highest BCUT2D eigenvalue weighted by atomic mass is 19.2. The highest BCUT2D eigenvalue weighted by Gasteiger charge is 2.26. The Morgan fingerprint density at radius 2 is 1.30 bits per heavy atom. The van der Waals surface area contributed by atoms with Crippen LogP contribution in [0.2, 0.25) is 0 Å². The van der Waals surface area contributed by atoms with Gasteiger partial charge in [-0.2, -0.15) is 0 Å². The summed E-state index contributed by atoms with van der Waals surface area (Å²) in [6.07, 6.45) is 3.46. The SMILES string of the molecule is C/C=C\Cc1ccc(-c2ccc(-c3ccc(C4COC(C)OC4)c(F)c3F)cc2)c(F)c1F. The third-order valence-corrected chi connectivity index (χ3v) is 5.86. The van der Waals surface area contributed by atoms with Crippen LogP contribution >= 0.6 is 0 Å². The summed E-state index contributed by atoms with van der Waals surface area (Å²) in [4.78, 5) is 0. The molecule has 0 amide bonds. The van der Waals surface area contributed by atoms with E-state index in [9.17, 15) is 17.6 Å². The molecule has 1 aliphatic rings. The molecule has 0 aromatic heterocycles. The van der Waals surface area contributed by atoms with E-state index in [1.165, 1.54) is 18.2 Å². The Morgan fingerprint density at radius 1 is 0.758 bits per heavy atom. The van der Waals surface area contributed by atoms with Crippen LogP contribution in [-0.4, -0.2) is 19.5 Å². The Kier molecular flexibility index (Phi) is 6.96. The van der Waals surface area contributed by atoms with Crippen molar-refractivity contribution in [3.8, 4) is 22.3 Å². The van der Waals surface area contributed by atoms with Gasteiger partial charge >= 0.3 is 0 Å². The number of hydrogen-bond acceptors (Lipinski definition) is 2. The second-order valence-corrected chi connectivity index (χ2v) is 8.01. The van der Waals surface area contributed by atoms with Gasteiger partial charge in [-0.1, -0.05) is 60.7 Å². The monoisotopic (exact) mass is 456 g/mol. The molecule has 0 spiro atoms. The van der Waals surface area contributed by atoms with Gasteiger partial charge in [0.1, 0.15) is 0 Å². The molecule has 0 unspecified atom stereocenters. The van der Waals surface area contributed by atoms with E-state index in [0.717, 1.165) is 0 Å². The van der Waals surface area contributed by atoms with Crippen LogP contribution < -0.4 is 0 Å². The van der Waals surface area contributed by atoms with Gasteiger partial charge in [-0.05, 0) is 42.5 Å². The minimum atomic E-state index is -0.968. The maximum atomic E-state index is 14.9. The van der Waals surface area contributed by atoms with Gasteiger partial charge in [0, 0.05) is 17.0 Å². The zero-order valence-electron chi connectivity index (χ0n) is 18.4. The fourth-order valence-electron chi connectivity index (χ4n) is 3.93. The van der Waals surface area contributed by atoms with E-state index in [1.54, 1.807) is 49.4 Å². The molecular formula is C27H24F4O2. The van der Waals surface area contributed by atoms with Gasteiger partial charge in [0.05, 0.1) is 13.2 Å². The van der Waals surface area contributed by atoms with Crippen molar-refractivity contribution < 1.29 is 27.0 Å². The van der Waals surface area contributed by atoms with Crippen molar-refractivity contribution in [1.29, 1.82) is 0 Å². The van der Waals surface area contributed by atoms with Crippen LogP contribution in [0.4, 0.5) is 17.6 Å². The second-order valence-electron chi connectivity index (χ2n) is 8.01. The zero-order chi connectivity index (χ0) is 23.5. The van der Waals surface area contributed by atoms with Crippen molar-refractivity contribution in [2.45, 2.75) is 32.5 Å². The van der Waals surface area contributed by atoms with Crippen molar-refractivity contribution in [2.75, 3.05) is 13.2 Å². The third-order valence-electron chi connectivity index (χ3n) is 5.86. The van der Waals surface area contributed by atoms with Crippen molar-refractivity contribution in [3.63, 3.8) is 0 Å². The van der Waals surface area contributed by atoms with E-state index in [2.05, 4.69) is 0 Å². The van der Waals surface area contributed by atoms with E-state index in [1.807, 2.05) is 6.92 Å². The van der Waals surface area contributed by atoms with Crippen molar-refractivity contribution >= 4 is 0 Å². The van der Waals surface area contributed by atoms with Gasteiger partial charge in [0.25, 0.3) is 0 Å². The highest BCUT2D eigenvalue weighted by Crippen LogP contribution is 2.33. The Hall–Kier alpha value is -2.96. The average molecular weight is 456 g/mol. The molecule has 1 heterocycles. The molecule has 3 aromatic carbocycles. The van der Waals surface area contributed by atoms with E-state index in [4.69, 9.17) is 9.47 Å². The first-order valence-electron chi connectivity index (χ1n) is 10.8. The van der Waals surface area contributed by atoms with E-state index in [0.29, 0.717) is 17.5 Å². The van der Waals surface area contributed by atoms with Crippen LogP contribution in [0, 0.1) is 23.3 Å². The minimum absolute atomic E-state index is 0.0853. The van der Waals surface area contributed by atoms with E-state index in [-0.39, 0.29) is 47.7 Å². The molecule has 0 radical (unpaired) electrons. The van der Waals surface area contributed by atoms with E-state index < -0.39 is 23.3 Å². The quantitative estimate of drug-likeness (QED) is 0.299. The van der Waals surface area contributed by atoms with Crippen LogP contribution in [-0.2, 0) is 15.9 Å². The van der Waals surface area contributed by atoms with Crippen molar-refractivity contribution in [2.24, 2.45) is 0 Å². The molecule has 2 nitrogen and oxygen atoms in total. The van der Waals surface area contributed by atoms with Gasteiger partial charge in [0.15, 0.2) is 29.6 Å². The maximum Gasteiger partial charge on any atom is 0.166 e. The van der Waals surface area contributed by atoms with Gasteiger partial charge in [-0.25, -0.2) is 17.6 Å². The van der Waals surface area contributed by atoms with Crippen LogP contribution in [0.15, 0.2) is 60.7 Å². The smallest absolute Gasteiger partial charge is 0.166 e. The lowest BCUT2D eigenvalue weighted by molar-refractivity contribution is -0.176. The Morgan fingerprint density at radius 3 is 1.88 bits per heavy atom. The van der Waals surface area contributed by atoms with Gasteiger partial charge in [-0.3, -0.25) is 0 Å². The highest BCUT2D eigenvalue weighted by molar-refractivity contribution is 5.71. The number of halogens is 4. The number of ether oxygens (including phenoxy) is 2. The van der Waals surface area contributed by atoms with Gasteiger partial charge < -0.3 is 9.47 Å². The molecule has 0 aliphatic carbocycles. The molecule has 33 heavy (non-hydrogen) atoms. The lowest BCUT2D eigenvalue weighted by atomic mass is 9.94. The predicted octanol–water partition coefficient (Wildman–Crippen LogP) is 7.17. The molecule has 4 rings (SSSR count). The van der Waals surface area contributed by atoms with E-state index >= 15 is 0 Å². The molecular weight excluding hydrogens is 432 g/mol. The predicted molar refractivity (Wildman–Crippen MR) is 120 cm³/mol. The Balaban J connectivity index is 1.60. The molecule has 0 N–H and O–H groups in total. The number of rotatable bonds is 5. The van der Waals surface area contributed by atoms with Crippen LogP contribution in [0.1, 0.15) is 30.9 Å². The first-order valence-corrected chi connectivity index (χ1v) is 10.8. The standard InChI is InChI=1S/C27H24F4O2/c1-3-4-5-19-10-11-21(25(29)24(19)28)17-6-8-18(9-7-17)22-12-13-23(27(31)26(22)30)20-14-32-16(2)33-15-20/h3-4,6-13,16,20H,5,14-15H2,1-2H3/b4-3-. The molecule has 172 valence electrons. The molecule has 1 saturated heterocycles. The molecule has 0 saturated carbocycles. The maximum absolute atomic E-state index is 14.9. The Labute approximate surface area is 190 Å². The summed E-state index contributed by atoms with van der Waals surface area (Å²) in [6, 6.07) is 12.4. The summed E-state index contributed by atoms with van der Waals surface area (Å²) >= 11 is 0. The molecule has 1 aliphatic heterocycles. The van der Waals surface area contributed by atoms with Crippen LogP contribution in [0.5, 0.6) is 0 Å². The average Bonchev–Trinajstić information content (AvgIpc) is 2.83. The Bertz CT molecular complexity index is 1160. The topological polar surface area (TPSA) is 18.5 Å². The fourth-order valence-corrected chi connectivity index (χ4v) is 3.93. The summed E-state index contributed by atoms with van der Waals surface area (Å²) < 4.78 is 69.5. The number of hydrogen-bond donors (Lipinski definition) is 0. The van der Waals surface area contributed by atoms with Crippen molar-refractivity contribution in [3.05, 3.63) is 95.1 Å². The van der Waals surface area contributed by atoms with Gasteiger partial charge in [-0.15, -0.1) is 0 Å². The molecule has 3 aromatic rings. The summed E-state index contributed by atoms with van der Waals surface area (Å²) in [7, 11) is 0. The summed E-state index contributed by atoms with van der Waals surface area (Å²) in [6.45, 7) is 4.06. The van der Waals surface area contributed by atoms with Crippen LogP contribution in [0.3, 0.4) is 0 Å². The zero-order valence-corrected chi connectivity index (χ0v) is 18.4. The minimum Gasteiger partial charge on any atom is -0.352 e. The van der Waals surface area contributed by atoms with Gasteiger partial charge in [0.2, 0.25) is 0 Å². The largest absolute Gasteiger partial charge is 0.352 e. The molecule has 1 fully saturated rings. The molecule has 0 bridgehead atoms. The molecule has 6 heteroatoms. The fraction of sp³-hybridized carbons (Fsp3) is 0.259. The summed E-state index contributed by atoms with van der Waals surface area (Å²) in [5.41, 5.74) is 1.54. The lowest BCUT2D eigenvalue weighted by Gasteiger charge is -2.28. The normalized spacial score (nSPS) is 18.7. The molecule has 0 atom stereocenters. The second kappa shape index (κ2) is 9.89. The third kappa shape index (κ3) is 4.72. The number of allylic oxidation sites excluding steroid dienone is 2. The number of benzene rings is 3. The first-order chi connectivity index (χ1) is 15.9. The summed E-state index contributed by atoms with van der Waals surface area (Å²) in [5, 5.41) is 0. The van der Waals surface area contributed by atoms with Crippen LogP contribution in [0.25, 0.3) is 22.3 Å². The first kappa shape index (κ1) is 23.2. The van der Waals surface area contributed by atoms with Crippen molar-refractivity contribution in [1.82, 2.24) is 0 Å². The lowest BCUT2D eigenvalue weighted by Crippen LogP contribution is -2.29. The summed E-state index contributed by atoms with van der Waals surface area (Å²) in [5.74, 6) is -4.11.